The maximum atomic E-state index is 12.3. The molecular formula is C19H22ClN3OS. The van der Waals surface area contributed by atoms with Crippen molar-refractivity contribution < 1.29 is 4.79 Å². The van der Waals surface area contributed by atoms with Crippen LogP contribution in [0.4, 0.5) is 0 Å². The molecule has 1 saturated carbocycles. The molecule has 4 rings (SSSR count). The predicted molar refractivity (Wildman–Crippen MR) is 103 cm³/mol. The zero-order valence-corrected chi connectivity index (χ0v) is 15.7. The number of hydrogen-bond acceptors (Lipinski definition) is 4. The van der Waals surface area contributed by atoms with E-state index in [0.717, 1.165) is 56.2 Å². The van der Waals surface area contributed by atoms with Gasteiger partial charge >= 0.3 is 0 Å². The summed E-state index contributed by atoms with van der Waals surface area (Å²) in [5.41, 5.74) is 6.58. The van der Waals surface area contributed by atoms with Crippen LogP contribution in [0.3, 0.4) is 0 Å². The van der Waals surface area contributed by atoms with Gasteiger partial charge in [-0.15, -0.1) is 11.3 Å². The van der Waals surface area contributed by atoms with Crippen LogP contribution in [-0.2, 0) is 11.3 Å². The highest BCUT2D eigenvalue weighted by molar-refractivity contribution is 7.15. The Morgan fingerprint density at radius 2 is 1.84 bits per heavy atom. The number of nitrogens with two attached hydrogens (primary N) is 1. The first-order valence-corrected chi connectivity index (χ1v) is 9.89. The summed E-state index contributed by atoms with van der Waals surface area (Å²) in [7, 11) is 0. The fraction of sp³-hybridized carbons (Fsp3) is 0.421. The molecule has 132 valence electrons. The summed E-state index contributed by atoms with van der Waals surface area (Å²) in [6, 6.07) is 12.3. The van der Waals surface area contributed by atoms with E-state index in [4.69, 9.17) is 17.3 Å². The average Bonchev–Trinajstić information content (AvgIpc) is 3.21. The zero-order chi connectivity index (χ0) is 17.4. The molecule has 0 spiro atoms. The van der Waals surface area contributed by atoms with Crippen molar-refractivity contribution >= 4 is 28.8 Å². The highest BCUT2D eigenvalue weighted by Crippen LogP contribution is 2.35. The normalized spacial score (nSPS) is 19.8. The van der Waals surface area contributed by atoms with Crippen LogP contribution in [0.25, 0.3) is 10.4 Å². The van der Waals surface area contributed by atoms with E-state index in [1.807, 2.05) is 23.1 Å². The van der Waals surface area contributed by atoms with Crippen LogP contribution in [0.1, 0.15) is 17.7 Å². The monoisotopic (exact) mass is 375 g/mol. The first-order valence-electron chi connectivity index (χ1n) is 8.69. The molecule has 0 atom stereocenters. The Morgan fingerprint density at radius 3 is 2.52 bits per heavy atom. The van der Waals surface area contributed by atoms with Gasteiger partial charge in [0.05, 0.1) is 5.54 Å². The van der Waals surface area contributed by atoms with Crippen LogP contribution in [0, 0.1) is 0 Å². The first-order chi connectivity index (χ1) is 12.0. The molecule has 6 heteroatoms. The van der Waals surface area contributed by atoms with Crippen LogP contribution >= 0.6 is 22.9 Å². The number of carbonyl (C=O) groups is 1. The maximum absolute atomic E-state index is 12.3. The fourth-order valence-corrected chi connectivity index (χ4v) is 4.64. The Labute approximate surface area is 157 Å². The SMILES string of the molecule is NC1(C(=O)N2CCN(Cc3ccc(-c4ccccc4Cl)s3)CC2)CC1. The molecule has 0 bridgehead atoms. The van der Waals surface area contributed by atoms with Crippen molar-refractivity contribution in [1.82, 2.24) is 9.80 Å². The van der Waals surface area contributed by atoms with Crippen molar-refractivity contribution in [3.05, 3.63) is 46.3 Å². The molecule has 2 heterocycles. The lowest BCUT2D eigenvalue weighted by Crippen LogP contribution is -2.53. The largest absolute Gasteiger partial charge is 0.339 e. The molecule has 2 aliphatic rings. The third-order valence-electron chi connectivity index (χ3n) is 5.05. The minimum Gasteiger partial charge on any atom is -0.339 e. The molecule has 1 aromatic carbocycles. The van der Waals surface area contributed by atoms with Gasteiger partial charge in [-0.05, 0) is 31.0 Å². The number of hydrogen-bond donors (Lipinski definition) is 1. The Kier molecular flexibility index (Phi) is 4.58. The molecule has 1 saturated heterocycles. The summed E-state index contributed by atoms with van der Waals surface area (Å²) in [6.45, 7) is 4.29. The lowest BCUT2D eigenvalue weighted by molar-refractivity contribution is -0.135. The lowest BCUT2D eigenvalue weighted by Gasteiger charge is -2.35. The number of piperazine rings is 1. The number of nitrogens with zero attached hydrogens (tertiary/aromatic N) is 2. The number of thiophene rings is 1. The summed E-state index contributed by atoms with van der Waals surface area (Å²) in [5.74, 6) is 0.143. The highest BCUT2D eigenvalue weighted by atomic mass is 35.5. The van der Waals surface area contributed by atoms with Crippen LogP contribution in [0.15, 0.2) is 36.4 Å². The highest BCUT2D eigenvalue weighted by Gasteiger charge is 2.48. The number of benzene rings is 1. The van der Waals surface area contributed by atoms with Gasteiger partial charge in [0.15, 0.2) is 0 Å². The fourth-order valence-electron chi connectivity index (χ4n) is 3.26. The Hall–Kier alpha value is -1.40. The summed E-state index contributed by atoms with van der Waals surface area (Å²) < 4.78 is 0. The van der Waals surface area contributed by atoms with Gasteiger partial charge < -0.3 is 10.6 Å². The first kappa shape index (κ1) is 17.0. The van der Waals surface area contributed by atoms with E-state index in [1.54, 1.807) is 11.3 Å². The van der Waals surface area contributed by atoms with Crippen molar-refractivity contribution in [3.63, 3.8) is 0 Å². The van der Waals surface area contributed by atoms with Gasteiger partial charge in [0.25, 0.3) is 0 Å². The molecule has 1 aliphatic carbocycles. The molecule has 1 aliphatic heterocycles. The second-order valence-electron chi connectivity index (χ2n) is 6.97. The number of amides is 1. The number of halogens is 1. The second kappa shape index (κ2) is 6.72. The van der Waals surface area contributed by atoms with E-state index in [1.165, 1.54) is 9.75 Å². The van der Waals surface area contributed by atoms with Gasteiger partial charge in [0.2, 0.25) is 5.91 Å². The van der Waals surface area contributed by atoms with Crippen LogP contribution in [0.5, 0.6) is 0 Å². The molecule has 0 radical (unpaired) electrons. The summed E-state index contributed by atoms with van der Waals surface area (Å²) >= 11 is 8.08. The third kappa shape index (κ3) is 3.60. The van der Waals surface area contributed by atoms with E-state index in [0.29, 0.717) is 0 Å². The minimum absolute atomic E-state index is 0.143. The lowest BCUT2D eigenvalue weighted by atomic mass is 10.2. The Bertz CT molecular complexity index is 778. The molecule has 25 heavy (non-hydrogen) atoms. The molecule has 2 fully saturated rings. The van der Waals surface area contributed by atoms with E-state index >= 15 is 0 Å². The van der Waals surface area contributed by atoms with Crippen molar-refractivity contribution in [1.29, 1.82) is 0 Å². The van der Waals surface area contributed by atoms with Crippen molar-refractivity contribution in [2.45, 2.75) is 24.9 Å². The third-order valence-corrected chi connectivity index (χ3v) is 6.49. The minimum atomic E-state index is -0.542. The van der Waals surface area contributed by atoms with Crippen LogP contribution in [0.2, 0.25) is 5.02 Å². The van der Waals surface area contributed by atoms with Gasteiger partial charge in [0, 0.05) is 53.1 Å². The molecule has 2 N–H and O–H groups in total. The van der Waals surface area contributed by atoms with E-state index in [2.05, 4.69) is 23.1 Å². The van der Waals surface area contributed by atoms with Crippen LogP contribution in [-0.4, -0.2) is 47.4 Å². The molecule has 2 aromatic rings. The smallest absolute Gasteiger partial charge is 0.242 e. The van der Waals surface area contributed by atoms with E-state index in [-0.39, 0.29) is 5.91 Å². The number of rotatable bonds is 4. The molecule has 4 nitrogen and oxygen atoms in total. The quantitative estimate of drug-likeness (QED) is 0.892. The van der Waals surface area contributed by atoms with Gasteiger partial charge in [-0.3, -0.25) is 9.69 Å². The van der Waals surface area contributed by atoms with Gasteiger partial charge in [0.1, 0.15) is 0 Å². The van der Waals surface area contributed by atoms with Crippen molar-refractivity contribution in [3.8, 4) is 10.4 Å². The molecule has 1 aromatic heterocycles. The van der Waals surface area contributed by atoms with E-state index in [9.17, 15) is 4.79 Å². The summed E-state index contributed by atoms with van der Waals surface area (Å²) in [4.78, 5) is 19.2. The molecule has 0 unspecified atom stereocenters. The summed E-state index contributed by atoms with van der Waals surface area (Å²) in [5, 5.41) is 0.791. The van der Waals surface area contributed by atoms with Crippen molar-refractivity contribution in [2.75, 3.05) is 26.2 Å². The average molecular weight is 376 g/mol. The second-order valence-corrected chi connectivity index (χ2v) is 8.55. The Balaban J connectivity index is 1.35. The van der Waals surface area contributed by atoms with Crippen LogP contribution < -0.4 is 5.73 Å². The summed E-state index contributed by atoms with van der Waals surface area (Å²) in [6.07, 6.45) is 1.68. The number of carbonyl (C=O) groups excluding carboxylic acids is 1. The zero-order valence-electron chi connectivity index (χ0n) is 14.1. The topological polar surface area (TPSA) is 49.6 Å². The van der Waals surface area contributed by atoms with E-state index < -0.39 is 5.54 Å². The molecular weight excluding hydrogens is 354 g/mol. The Morgan fingerprint density at radius 1 is 1.12 bits per heavy atom. The standard InChI is InChI=1S/C19H22ClN3OS/c20-16-4-2-1-3-15(16)17-6-5-14(25-17)13-22-9-11-23(12-10-22)18(24)19(21)7-8-19/h1-6H,7-13,21H2. The van der Waals surface area contributed by atoms with Gasteiger partial charge in [-0.25, -0.2) is 0 Å². The molecule has 1 amide bonds. The van der Waals surface area contributed by atoms with Crippen molar-refractivity contribution in [2.24, 2.45) is 5.73 Å². The van der Waals surface area contributed by atoms with Gasteiger partial charge in [-0.1, -0.05) is 29.8 Å². The van der Waals surface area contributed by atoms with Gasteiger partial charge in [-0.2, -0.15) is 0 Å². The maximum Gasteiger partial charge on any atom is 0.242 e. The predicted octanol–water partition coefficient (Wildman–Crippen LogP) is 3.20.